The van der Waals surface area contributed by atoms with Gasteiger partial charge in [-0.2, -0.15) is 5.26 Å². The van der Waals surface area contributed by atoms with Crippen LogP contribution in [0.4, 0.5) is 0 Å². The molecule has 0 bridgehead atoms. The molecule has 1 aliphatic heterocycles. The molecule has 0 saturated carbocycles. The van der Waals surface area contributed by atoms with E-state index < -0.39 is 0 Å². The smallest absolute Gasteiger partial charge is 0.106 e. The fourth-order valence-corrected chi connectivity index (χ4v) is 2.82. The summed E-state index contributed by atoms with van der Waals surface area (Å²) in [5.41, 5.74) is -0.329. The Morgan fingerprint density at radius 3 is 2.90 bits per heavy atom. The van der Waals surface area contributed by atoms with Crippen LogP contribution >= 0.6 is 0 Å². The number of nitriles is 1. The quantitative estimate of drug-likeness (QED) is 0.743. The predicted octanol–water partition coefficient (Wildman–Crippen LogP) is 2.55. The maximum atomic E-state index is 9.48. The van der Waals surface area contributed by atoms with Gasteiger partial charge in [0.1, 0.15) is 5.54 Å². The molecule has 4 nitrogen and oxygen atoms in total. The third kappa shape index (κ3) is 5.78. The molecule has 0 radical (unpaired) electrons. The van der Waals surface area contributed by atoms with Crippen LogP contribution in [0, 0.1) is 11.3 Å². The summed E-state index contributed by atoms with van der Waals surface area (Å²) in [6.45, 7) is 11.4. The van der Waals surface area contributed by atoms with E-state index >= 15 is 0 Å². The molecule has 0 aromatic carbocycles. The maximum absolute atomic E-state index is 9.48. The van der Waals surface area contributed by atoms with E-state index in [0.29, 0.717) is 6.10 Å². The molecule has 1 rings (SSSR count). The zero-order chi connectivity index (χ0) is 14.8. The lowest BCUT2D eigenvalue weighted by atomic mass is 9.91. The Bertz CT molecular complexity index is 303. The van der Waals surface area contributed by atoms with Crippen molar-refractivity contribution in [3.8, 4) is 6.07 Å². The van der Waals surface area contributed by atoms with Crippen molar-refractivity contribution in [1.29, 1.82) is 5.26 Å². The Morgan fingerprint density at radius 1 is 1.45 bits per heavy atom. The van der Waals surface area contributed by atoms with Crippen LogP contribution in [0.5, 0.6) is 0 Å². The van der Waals surface area contributed by atoms with Crippen molar-refractivity contribution in [2.45, 2.75) is 64.5 Å². The van der Waals surface area contributed by atoms with E-state index in [1.54, 1.807) is 0 Å². The second-order valence-corrected chi connectivity index (χ2v) is 5.91. The molecule has 0 aromatic heterocycles. The summed E-state index contributed by atoms with van der Waals surface area (Å²) < 4.78 is 5.67. The third-order valence-electron chi connectivity index (χ3n) is 4.15. The summed E-state index contributed by atoms with van der Waals surface area (Å²) in [6, 6.07) is 2.50. The lowest BCUT2D eigenvalue weighted by Crippen LogP contribution is -2.44. The molecule has 116 valence electrons. The Labute approximate surface area is 124 Å². The number of rotatable bonds is 8. The van der Waals surface area contributed by atoms with E-state index in [-0.39, 0.29) is 5.54 Å². The molecule has 1 saturated heterocycles. The molecule has 1 N–H and O–H groups in total. The van der Waals surface area contributed by atoms with Gasteiger partial charge in [0.05, 0.1) is 12.2 Å². The summed E-state index contributed by atoms with van der Waals surface area (Å²) in [5.74, 6) is 0. The maximum Gasteiger partial charge on any atom is 0.106 e. The molecule has 2 atom stereocenters. The minimum atomic E-state index is -0.329. The second kappa shape index (κ2) is 9.33. The van der Waals surface area contributed by atoms with Crippen molar-refractivity contribution in [3.63, 3.8) is 0 Å². The standard InChI is InChI=1S/C16H31N3O/c1-4-9-18-16(5-2,14-17)8-6-10-19-11-7-12-20-15(3)13-19/h15,18H,4-13H2,1-3H3. The third-order valence-corrected chi connectivity index (χ3v) is 4.15. The highest BCUT2D eigenvalue weighted by atomic mass is 16.5. The van der Waals surface area contributed by atoms with E-state index in [2.05, 4.69) is 37.1 Å². The molecule has 1 fully saturated rings. The van der Waals surface area contributed by atoms with Gasteiger partial charge < -0.3 is 9.64 Å². The molecular weight excluding hydrogens is 250 g/mol. The fraction of sp³-hybridized carbons (Fsp3) is 0.938. The molecule has 4 heteroatoms. The minimum Gasteiger partial charge on any atom is -0.377 e. The summed E-state index contributed by atoms with van der Waals surface area (Å²) in [4.78, 5) is 2.48. The summed E-state index contributed by atoms with van der Waals surface area (Å²) in [7, 11) is 0. The largest absolute Gasteiger partial charge is 0.377 e. The topological polar surface area (TPSA) is 48.3 Å². The first-order valence-corrected chi connectivity index (χ1v) is 8.16. The summed E-state index contributed by atoms with van der Waals surface area (Å²) in [6.07, 6.45) is 5.42. The summed E-state index contributed by atoms with van der Waals surface area (Å²) in [5, 5.41) is 12.9. The highest BCUT2D eigenvalue weighted by Gasteiger charge is 2.26. The normalized spacial score (nSPS) is 23.8. The number of nitrogens with zero attached hydrogens (tertiary/aromatic N) is 2. The van der Waals surface area contributed by atoms with Crippen molar-refractivity contribution in [3.05, 3.63) is 0 Å². The van der Waals surface area contributed by atoms with E-state index in [4.69, 9.17) is 4.74 Å². The molecule has 0 aliphatic carbocycles. The van der Waals surface area contributed by atoms with Crippen LogP contribution < -0.4 is 5.32 Å². The monoisotopic (exact) mass is 281 g/mol. The number of hydrogen-bond donors (Lipinski definition) is 1. The van der Waals surface area contributed by atoms with Crippen LogP contribution in [-0.4, -0.2) is 49.3 Å². The van der Waals surface area contributed by atoms with E-state index in [1.165, 1.54) is 0 Å². The first kappa shape index (κ1) is 17.4. The molecular formula is C16H31N3O. The van der Waals surface area contributed by atoms with Crippen molar-refractivity contribution >= 4 is 0 Å². The summed E-state index contributed by atoms with van der Waals surface area (Å²) >= 11 is 0. The highest BCUT2D eigenvalue weighted by molar-refractivity contribution is 5.06. The Balaban J connectivity index is 2.37. The second-order valence-electron chi connectivity index (χ2n) is 5.91. The van der Waals surface area contributed by atoms with Gasteiger partial charge in [0, 0.05) is 19.7 Å². The lowest BCUT2D eigenvalue weighted by molar-refractivity contribution is 0.0673. The van der Waals surface area contributed by atoms with Crippen molar-refractivity contribution < 1.29 is 4.74 Å². The molecule has 0 spiro atoms. The molecule has 1 heterocycles. The van der Waals surface area contributed by atoms with Crippen LogP contribution in [0.3, 0.4) is 0 Å². The number of nitrogens with one attached hydrogen (secondary N) is 1. The van der Waals surface area contributed by atoms with Crippen molar-refractivity contribution in [2.24, 2.45) is 0 Å². The van der Waals surface area contributed by atoms with Gasteiger partial charge in [0.15, 0.2) is 0 Å². The Morgan fingerprint density at radius 2 is 2.25 bits per heavy atom. The van der Waals surface area contributed by atoms with Gasteiger partial charge in [-0.15, -0.1) is 0 Å². The average molecular weight is 281 g/mol. The highest BCUT2D eigenvalue weighted by Crippen LogP contribution is 2.17. The van der Waals surface area contributed by atoms with Crippen LogP contribution in [-0.2, 0) is 4.74 Å². The van der Waals surface area contributed by atoms with Gasteiger partial charge in [-0.25, -0.2) is 0 Å². The van der Waals surface area contributed by atoms with Crippen LogP contribution in [0.15, 0.2) is 0 Å². The van der Waals surface area contributed by atoms with E-state index in [9.17, 15) is 5.26 Å². The minimum absolute atomic E-state index is 0.329. The van der Waals surface area contributed by atoms with Gasteiger partial charge in [0.25, 0.3) is 0 Å². The number of ether oxygens (including phenoxy) is 1. The molecule has 1 aliphatic rings. The predicted molar refractivity (Wildman–Crippen MR) is 82.6 cm³/mol. The first-order chi connectivity index (χ1) is 9.65. The van der Waals surface area contributed by atoms with E-state index in [1.807, 2.05) is 0 Å². The van der Waals surface area contributed by atoms with Gasteiger partial charge in [0.2, 0.25) is 0 Å². The molecule has 0 aromatic rings. The zero-order valence-electron chi connectivity index (χ0n) is 13.5. The van der Waals surface area contributed by atoms with Crippen molar-refractivity contribution in [1.82, 2.24) is 10.2 Å². The molecule has 20 heavy (non-hydrogen) atoms. The van der Waals surface area contributed by atoms with Gasteiger partial charge in [-0.05, 0) is 52.1 Å². The number of hydrogen-bond acceptors (Lipinski definition) is 4. The van der Waals surface area contributed by atoms with Crippen molar-refractivity contribution in [2.75, 3.05) is 32.8 Å². The average Bonchev–Trinajstić information content (AvgIpc) is 2.67. The Kier molecular flexibility index (Phi) is 8.13. The van der Waals surface area contributed by atoms with Crippen LogP contribution in [0.25, 0.3) is 0 Å². The van der Waals surface area contributed by atoms with Crippen LogP contribution in [0.1, 0.15) is 52.9 Å². The fourth-order valence-electron chi connectivity index (χ4n) is 2.82. The van der Waals surface area contributed by atoms with E-state index in [0.717, 1.165) is 64.9 Å². The molecule has 0 amide bonds. The van der Waals surface area contributed by atoms with Gasteiger partial charge >= 0.3 is 0 Å². The van der Waals surface area contributed by atoms with Crippen LogP contribution in [0.2, 0.25) is 0 Å². The first-order valence-electron chi connectivity index (χ1n) is 8.16. The Hall–Kier alpha value is -0.630. The molecule has 2 unspecified atom stereocenters. The lowest BCUT2D eigenvalue weighted by Gasteiger charge is -2.28. The van der Waals surface area contributed by atoms with Gasteiger partial charge in [-0.3, -0.25) is 5.32 Å². The zero-order valence-corrected chi connectivity index (χ0v) is 13.5. The SMILES string of the molecule is CCCNC(C#N)(CC)CCCN1CCCOC(C)C1. The van der Waals surface area contributed by atoms with Gasteiger partial charge in [-0.1, -0.05) is 13.8 Å².